The summed E-state index contributed by atoms with van der Waals surface area (Å²) in [6, 6.07) is 0.627. The number of hydrogen-bond acceptors (Lipinski definition) is 3. The number of likely N-dealkylation sites (tertiary alicyclic amines) is 1. The van der Waals surface area contributed by atoms with Gasteiger partial charge in [0.2, 0.25) is 5.91 Å². The number of nitrogens with one attached hydrogen (secondary N) is 2. The molecule has 0 aromatic carbocycles. The average Bonchev–Trinajstić information content (AvgIpc) is 2.36. The van der Waals surface area contributed by atoms with E-state index in [1.807, 2.05) is 0 Å². The molecule has 1 aliphatic heterocycles. The minimum absolute atomic E-state index is 0.0720. The lowest BCUT2D eigenvalue weighted by molar-refractivity contribution is -0.119. The molecule has 0 saturated carbocycles. The molecule has 1 amide bonds. The Bertz CT molecular complexity index is 258. The predicted octanol–water partition coefficient (Wildman–Crippen LogP) is 1.61. The molecule has 112 valence electrons. The Hall–Kier alpha value is -0.610. The fraction of sp³-hybridized carbons (Fsp3) is 0.933. The van der Waals surface area contributed by atoms with E-state index in [-0.39, 0.29) is 5.91 Å². The van der Waals surface area contributed by atoms with E-state index in [0.717, 1.165) is 32.1 Å². The highest BCUT2D eigenvalue weighted by Crippen LogP contribution is 2.21. The van der Waals surface area contributed by atoms with Crippen LogP contribution in [0.2, 0.25) is 0 Å². The molecule has 2 atom stereocenters. The van der Waals surface area contributed by atoms with Crippen LogP contribution in [0.3, 0.4) is 0 Å². The van der Waals surface area contributed by atoms with Gasteiger partial charge in [-0.15, -0.1) is 0 Å². The largest absolute Gasteiger partial charge is 0.355 e. The van der Waals surface area contributed by atoms with E-state index in [1.54, 1.807) is 6.92 Å². The highest BCUT2D eigenvalue weighted by molar-refractivity contribution is 5.72. The van der Waals surface area contributed by atoms with E-state index in [4.69, 9.17) is 0 Å². The SMILES string of the molecule is CCCNC1CC(CCC)CN(CCNC(C)=O)C1. The van der Waals surface area contributed by atoms with Gasteiger partial charge in [-0.2, -0.15) is 0 Å². The quantitative estimate of drug-likeness (QED) is 0.704. The monoisotopic (exact) mass is 269 g/mol. The first-order valence-corrected chi connectivity index (χ1v) is 7.85. The van der Waals surface area contributed by atoms with Gasteiger partial charge in [0, 0.05) is 39.1 Å². The van der Waals surface area contributed by atoms with Gasteiger partial charge in [0.1, 0.15) is 0 Å². The third-order valence-corrected chi connectivity index (χ3v) is 3.79. The van der Waals surface area contributed by atoms with Crippen LogP contribution in [0, 0.1) is 5.92 Å². The zero-order valence-corrected chi connectivity index (χ0v) is 12.9. The molecule has 0 aromatic heterocycles. The topological polar surface area (TPSA) is 44.4 Å². The summed E-state index contributed by atoms with van der Waals surface area (Å²) in [7, 11) is 0. The van der Waals surface area contributed by atoms with Crippen molar-refractivity contribution in [3.05, 3.63) is 0 Å². The lowest BCUT2D eigenvalue weighted by atomic mass is 9.90. The Morgan fingerprint density at radius 2 is 2.00 bits per heavy atom. The van der Waals surface area contributed by atoms with Crippen molar-refractivity contribution in [3.63, 3.8) is 0 Å². The summed E-state index contributed by atoms with van der Waals surface area (Å²) in [5, 5.41) is 6.56. The maximum absolute atomic E-state index is 10.9. The second-order valence-corrected chi connectivity index (χ2v) is 5.78. The average molecular weight is 269 g/mol. The summed E-state index contributed by atoms with van der Waals surface area (Å²) >= 11 is 0. The Balaban J connectivity index is 2.37. The van der Waals surface area contributed by atoms with Crippen LogP contribution in [-0.4, -0.2) is 49.6 Å². The standard InChI is InChI=1S/C15H31N3O/c1-4-6-14-10-15(17-7-5-2)12-18(11-14)9-8-16-13(3)19/h14-15,17H,4-12H2,1-3H3,(H,16,19). The number of piperidine rings is 1. The minimum Gasteiger partial charge on any atom is -0.355 e. The fourth-order valence-electron chi connectivity index (χ4n) is 2.99. The molecule has 0 aromatic rings. The Morgan fingerprint density at radius 1 is 1.21 bits per heavy atom. The summed E-state index contributed by atoms with van der Waals surface area (Å²) in [4.78, 5) is 13.4. The lowest BCUT2D eigenvalue weighted by Crippen LogP contribution is -2.51. The molecule has 0 bridgehead atoms. The van der Waals surface area contributed by atoms with Crippen molar-refractivity contribution < 1.29 is 4.79 Å². The molecule has 0 aliphatic carbocycles. The van der Waals surface area contributed by atoms with E-state index in [2.05, 4.69) is 29.4 Å². The Labute approximate surface area is 118 Å². The van der Waals surface area contributed by atoms with Crippen molar-refractivity contribution in [2.75, 3.05) is 32.7 Å². The fourth-order valence-corrected chi connectivity index (χ4v) is 2.99. The highest BCUT2D eigenvalue weighted by atomic mass is 16.1. The normalized spacial score (nSPS) is 24.4. The van der Waals surface area contributed by atoms with Crippen LogP contribution in [-0.2, 0) is 4.79 Å². The van der Waals surface area contributed by atoms with Gasteiger partial charge < -0.3 is 10.6 Å². The first-order chi connectivity index (χ1) is 9.15. The summed E-state index contributed by atoms with van der Waals surface area (Å²) < 4.78 is 0. The zero-order chi connectivity index (χ0) is 14.1. The summed E-state index contributed by atoms with van der Waals surface area (Å²) in [6.45, 7) is 11.2. The smallest absolute Gasteiger partial charge is 0.216 e. The number of carbonyl (C=O) groups is 1. The van der Waals surface area contributed by atoms with Crippen LogP contribution in [0.5, 0.6) is 0 Å². The molecule has 4 heteroatoms. The van der Waals surface area contributed by atoms with Gasteiger partial charge in [0.15, 0.2) is 0 Å². The predicted molar refractivity (Wildman–Crippen MR) is 80.2 cm³/mol. The van der Waals surface area contributed by atoms with Crippen LogP contribution in [0.4, 0.5) is 0 Å². The van der Waals surface area contributed by atoms with E-state index in [1.165, 1.54) is 32.2 Å². The van der Waals surface area contributed by atoms with E-state index in [9.17, 15) is 4.79 Å². The van der Waals surface area contributed by atoms with E-state index >= 15 is 0 Å². The van der Waals surface area contributed by atoms with E-state index < -0.39 is 0 Å². The van der Waals surface area contributed by atoms with Crippen molar-refractivity contribution in [1.82, 2.24) is 15.5 Å². The zero-order valence-electron chi connectivity index (χ0n) is 12.9. The summed E-state index contributed by atoms with van der Waals surface area (Å²) in [6.07, 6.45) is 5.09. The molecule has 2 unspecified atom stereocenters. The second-order valence-electron chi connectivity index (χ2n) is 5.78. The van der Waals surface area contributed by atoms with Crippen LogP contribution in [0.15, 0.2) is 0 Å². The van der Waals surface area contributed by atoms with Crippen molar-refractivity contribution in [3.8, 4) is 0 Å². The molecule has 1 heterocycles. The number of nitrogens with zero attached hydrogens (tertiary/aromatic N) is 1. The Kier molecular flexibility index (Phi) is 8.07. The van der Waals surface area contributed by atoms with Gasteiger partial charge in [-0.05, 0) is 31.7 Å². The first kappa shape index (κ1) is 16.4. The molecule has 1 aliphatic rings. The number of amides is 1. The molecule has 19 heavy (non-hydrogen) atoms. The van der Waals surface area contributed by atoms with Gasteiger partial charge in [-0.1, -0.05) is 20.3 Å². The summed E-state index contributed by atoms with van der Waals surface area (Å²) in [5.74, 6) is 0.883. The second kappa shape index (κ2) is 9.32. The lowest BCUT2D eigenvalue weighted by Gasteiger charge is -2.38. The van der Waals surface area contributed by atoms with Gasteiger partial charge in [-0.3, -0.25) is 9.69 Å². The van der Waals surface area contributed by atoms with Crippen LogP contribution in [0.1, 0.15) is 46.5 Å². The molecule has 1 saturated heterocycles. The molecule has 1 fully saturated rings. The van der Waals surface area contributed by atoms with Gasteiger partial charge in [-0.25, -0.2) is 0 Å². The number of carbonyl (C=O) groups excluding carboxylic acids is 1. The van der Waals surface area contributed by atoms with Crippen molar-refractivity contribution in [2.45, 2.75) is 52.5 Å². The van der Waals surface area contributed by atoms with Gasteiger partial charge >= 0.3 is 0 Å². The van der Waals surface area contributed by atoms with E-state index in [0.29, 0.717) is 6.04 Å². The summed E-state index contributed by atoms with van der Waals surface area (Å²) in [5.41, 5.74) is 0. The third-order valence-electron chi connectivity index (χ3n) is 3.79. The molecule has 0 spiro atoms. The molecule has 2 N–H and O–H groups in total. The van der Waals surface area contributed by atoms with Crippen LogP contribution < -0.4 is 10.6 Å². The molecule has 0 radical (unpaired) electrons. The minimum atomic E-state index is 0.0720. The van der Waals surface area contributed by atoms with Crippen LogP contribution >= 0.6 is 0 Å². The number of rotatable bonds is 8. The van der Waals surface area contributed by atoms with Crippen LogP contribution in [0.25, 0.3) is 0 Å². The van der Waals surface area contributed by atoms with Crippen molar-refractivity contribution in [2.24, 2.45) is 5.92 Å². The number of hydrogen-bond donors (Lipinski definition) is 2. The highest BCUT2D eigenvalue weighted by Gasteiger charge is 2.25. The van der Waals surface area contributed by atoms with Gasteiger partial charge in [0.25, 0.3) is 0 Å². The molecule has 1 rings (SSSR count). The maximum Gasteiger partial charge on any atom is 0.216 e. The van der Waals surface area contributed by atoms with Crippen molar-refractivity contribution in [1.29, 1.82) is 0 Å². The molecular formula is C15H31N3O. The maximum atomic E-state index is 10.9. The molecular weight excluding hydrogens is 238 g/mol. The molecule has 4 nitrogen and oxygen atoms in total. The Morgan fingerprint density at radius 3 is 2.63 bits per heavy atom. The third kappa shape index (κ3) is 6.92. The van der Waals surface area contributed by atoms with Gasteiger partial charge in [0.05, 0.1) is 0 Å². The first-order valence-electron chi connectivity index (χ1n) is 7.85. The van der Waals surface area contributed by atoms with Crippen molar-refractivity contribution >= 4 is 5.91 Å².